The maximum atomic E-state index is 12.7. The molecule has 1 N–H and O–H groups in total. The van der Waals surface area contributed by atoms with E-state index < -0.39 is 11.9 Å². The number of hydrogen-bond donors (Lipinski definition) is 1. The van der Waals surface area contributed by atoms with Gasteiger partial charge >= 0.3 is 5.97 Å². The molecule has 1 aliphatic heterocycles. The molecule has 7 heteroatoms. The van der Waals surface area contributed by atoms with Gasteiger partial charge in [0.1, 0.15) is 5.75 Å². The molecule has 31 heavy (non-hydrogen) atoms. The van der Waals surface area contributed by atoms with Gasteiger partial charge in [0.2, 0.25) is 11.8 Å². The maximum absolute atomic E-state index is 12.7. The molecule has 1 saturated heterocycles. The molecule has 1 fully saturated rings. The number of para-hydroxylation sites is 2. The predicted octanol–water partition coefficient (Wildman–Crippen LogP) is 3.65. The number of carbonyl (C=O) groups excluding carboxylic acids is 3. The number of anilines is 2. The maximum Gasteiger partial charge on any atom is 0.330 e. The number of nitrogens with one attached hydrogen (secondary N) is 1. The molecule has 0 saturated carbocycles. The molecule has 1 atom stereocenters. The summed E-state index contributed by atoms with van der Waals surface area (Å²) in [5, 5.41) is 2.86. The molecule has 1 aliphatic rings. The van der Waals surface area contributed by atoms with Crippen LogP contribution in [0.4, 0.5) is 11.4 Å². The fourth-order valence-corrected chi connectivity index (χ4v) is 3.35. The van der Waals surface area contributed by atoms with E-state index in [1.54, 1.807) is 42.2 Å². The zero-order chi connectivity index (χ0) is 22.2. The number of rotatable bonds is 8. The van der Waals surface area contributed by atoms with Crippen LogP contribution in [0.2, 0.25) is 0 Å². The van der Waals surface area contributed by atoms with E-state index in [9.17, 15) is 14.4 Å². The van der Waals surface area contributed by atoms with Crippen molar-refractivity contribution in [2.75, 3.05) is 30.0 Å². The Morgan fingerprint density at radius 3 is 2.55 bits per heavy atom. The van der Waals surface area contributed by atoms with Gasteiger partial charge in [-0.1, -0.05) is 24.3 Å². The van der Waals surface area contributed by atoms with Crippen molar-refractivity contribution < 1.29 is 23.9 Å². The smallest absolute Gasteiger partial charge is 0.330 e. The zero-order valence-corrected chi connectivity index (χ0v) is 17.7. The van der Waals surface area contributed by atoms with Crippen molar-refractivity contribution in [2.45, 2.75) is 20.3 Å². The minimum Gasteiger partial charge on any atom is -0.492 e. The van der Waals surface area contributed by atoms with Crippen LogP contribution in [0, 0.1) is 5.92 Å². The molecule has 1 unspecified atom stereocenters. The fraction of sp³-hybridized carbons (Fsp3) is 0.292. The lowest BCUT2D eigenvalue weighted by Crippen LogP contribution is -2.28. The molecular formula is C24H26N2O5. The normalized spacial score (nSPS) is 15.9. The van der Waals surface area contributed by atoms with Gasteiger partial charge in [-0.3, -0.25) is 9.59 Å². The highest BCUT2D eigenvalue weighted by atomic mass is 16.5. The van der Waals surface area contributed by atoms with Gasteiger partial charge in [-0.05, 0) is 49.8 Å². The lowest BCUT2D eigenvalue weighted by molar-refractivity contribution is -0.137. The molecule has 162 valence electrons. The second-order valence-corrected chi connectivity index (χ2v) is 7.00. The first-order valence-corrected chi connectivity index (χ1v) is 10.3. The molecule has 2 amide bonds. The summed E-state index contributed by atoms with van der Waals surface area (Å²) in [6.07, 6.45) is 3.15. The van der Waals surface area contributed by atoms with E-state index in [2.05, 4.69) is 5.32 Å². The van der Waals surface area contributed by atoms with Crippen molar-refractivity contribution >= 4 is 35.2 Å². The van der Waals surface area contributed by atoms with Gasteiger partial charge < -0.3 is 19.7 Å². The van der Waals surface area contributed by atoms with E-state index >= 15 is 0 Å². The summed E-state index contributed by atoms with van der Waals surface area (Å²) in [5.41, 5.74) is 2.11. The number of esters is 1. The number of carbonyl (C=O) groups is 3. The molecule has 0 bridgehead atoms. The summed E-state index contributed by atoms with van der Waals surface area (Å²) in [5.74, 6) is -0.538. The van der Waals surface area contributed by atoms with Gasteiger partial charge in [0.25, 0.3) is 0 Å². The zero-order valence-electron chi connectivity index (χ0n) is 17.7. The van der Waals surface area contributed by atoms with Gasteiger partial charge in [-0.25, -0.2) is 4.79 Å². The summed E-state index contributed by atoms with van der Waals surface area (Å²) in [7, 11) is 0. The van der Waals surface area contributed by atoms with Crippen molar-refractivity contribution in [1.29, 1.82) is 0 Å². The third-order valence-corrected chi connectivity index (χ3v) is 4.83. The number of benzene rings is 2. The molecule has 0 aromatic heterocycles. The first-order valence-electron chi connectivity index (χ1n) is 10.3. The van der Waals surface area contributed by atoms with E-state index in [0.29, 0.717) is 36.9 Å². The van der Waals surface area contributed by atoms with Gasteiger partial charge in [0, 0.05) is 24.7 Å². The quantitative estimate of drug-likeness (QED) is 0.518. The summed E-state index contributed by atoms with van der Waals surface area (Å²) in [6, 6.07) is 14.4. The second kappa shape index (κ2) is 10.4. The average Bonchev–Trinajstić information content (AvgIpc) is 3.16. The van der Waals surface area contributed by atoms with E-state index in [4.69, 9.17) is 9.47 Å². The largest absolute Gasteiger partial charge is 0.492 e. The standard InChI is InChI=1S/C24H26N2O5/c1-3-30-21-8-6-5-7-20(21)26-16-18(15-22(26)27)24(29)25-19-12-9-17(10-13-19)11-14-23(28)31-4-2/h5-14,18H,3-4,15-16H2,1-2H3,(H,25,29)/b14-11+. The average molecular weight is 422 g/mol. The van der Waals surface area contributed by atoms with Crippen molar-refractivity contribution in [3.8, 4) is 5.75 Å². The Morgan fingerprint density at radius 2 is 1.84 bits per heavy atom. The number of ether oxygens (including phenoxy) is 2. The minimum atomic E-state index is -0.453. The second-order valence-electron chi connectivity index (χ2n) is 7.00. The van der Waals surface area contributed by atoms with Gasteiger partial charge in [-0.2, -0.15) is 0 Å². The lowest BCUT2D eigenvalue weighted by Gasteiger charge is -2.20. The highest BCUT2D eigenvalue weighted by Crippen LogP contribution is 2.33. The van der Waals surface area contributed by atoms with Crippen molar-refractivity contribution in [2.24, 2.45) is 5.92 Å². The Hall–Kier alpha value is -3.61. The van der Waals surface area contributed by atoms with E-state index in [1.807, 2.05) is 31.2 Å². The molecule has 2 aromatic carbocycles. The summed E-state index contributed by atoms with van der Waals surface area (Å²) in [6.45, 7) is 4.75. The lowest BCUT2D eigenvalue weighted by atomic mass is 10.1. The third-order valence-electron chi connectivity index (χ3n) is 4.83. The SMILES string of the molecule is CCOC(=O)/C=C/c1ccc(NC(=O)C2CC(=O)N(c3ccccc3OCC)C2)cc1. The van der Waals surface area contributed by atoms with Crippen molar-refractivity contribution in [3.63, 3.8) is 0 Å². The molecule has 3 rings (SSSR count). The minimum absolute atomic E-state index is 0.105. The summed E-state index contributed by atoms with van der Waals surface area (Å²) in [4.78, 5) is 38.3. The van der Waals surface area contributed by atoms with Gasteiger partial charge in [-0.15, -0.1) is 0 Å². The monoisotopic (exact) mass is 422 g/mol. The first kappa shape index (κ1) is 22.1. The fourth-order valence-electron chi connectivity index (χ4n) is 3.35. The Bertz CT molecular complexity index is 968. The molecular weight excluding hydrogens is 396 g/mol. The summed E-state index contributed by atoms with van der Waals surface area (Å²) >= 11 is 0. The highest BCUT2D eigenvalue weighted by molar-refractivity contribution is 6.04. The van der Waals surface area contributed by atoms with Crippen LogP contribution in [0.3, 0.4) is 0 Å². The first-order chi connectivity index (χ1) is 15.0. The molecule has 0 radical (unpaired) electrons. The Labute approximate surface area is 181 Å². The van der Waals surface area contributed by atoms with E-state index in [-0.39, 0.29) is 18.2 Å². The van der Waals surface area contributed by atoms with Crippen molar-refractivity contribution in [3.05, 3.63) is 60.2 Å². The Kier molecular flexibility index (Phi) is 7.43. The van der Waals surface area contributed by atoms with Crippen LogP contribution in [0.1, 0.15) is 25.8 Å². The van der Waals surface area contributed by atoms with Crippen LogP contribution >= 0.6 is 0 Å². The molecule has 1 heterocycles. The Morgan fingerprint density at radius 1 is 1.10 bits per heavy atom. The van der Waals surface area contributed by atoms with Crippen LogP contribution in [-0.2, 0) is 19.1 Å². The highest BCUT2D eigenvalue weighted by Gasteiger charge is 2.36. The molecule has 0 aliphatic carbocycles. The van der Waals surface area contributed by atoms with Crippen LogP contribution in [0.25, 0.3) is 6.08 Å². The van der Waals surface area contributed by atoms with Crippen LogP contribution < -0.4 is 15.0 Å². The topological polar surface area (TPSA) is 84.9 Å². The van der Waals surface area contributed by atoms with E-state index in [1.165, 1.54) is 6.08 Å². The Balaban J connectivity index is 1.61. The predicted molar refractivity (Wildman–Crippen MR) is 119 cm³/mol. The van der Waals surface area contributed by atoms with Crippen LogP contribution in [-0.4, -0.2) is 37.5 Å². The molecule has 0 spiro atoms. The number of amides is 2. The van der Waals surface area contributed by atoms with Gasteiger partial charge in [0.05, 0.1) is 24.8 Å². The van der Waals surface area contributed by atoms with Gasteiger partial charge in [0.15, 0.2) is 0 Å². The molecule has 2 aromatic rings. The van der Waals surface area contributed by atoms with Crippen LogP contribution in [0.5, 0.6) is 5.75 Å². The van der Waals surface area contributed by atoms with Crippen molar-refractivity contribution in [1.82, 2.24) is 0 Å². The third kappa shape index (κ3) is 5.72. The summed E-state index contributed by atoms with van der Waals surface area (Å²) < 4.78 is 10.5. The van der Waals surface area contributed by atoms with Crippen LogP contribution in [0.15, 0.2) is 54.6 Å². The number of hydrogen-bond acceptors (Lipinski definition) is 5. The van der Waals surface area contributed by atoms with E-state index in [0.717, 1.165) is 5.56 Å². The number of nitrogens with zero attached hydrogens (tertiary/aromatic N) is 1. The molecule has 7 nitrogen and oxygen atoms in total.